The standard InChI is InChI=1S/C12H20N2O4/c1-7(2)10(12(17)18)14-11(16)8-5-3-4-6-9(15)13-8/h7-8,10H,3-6H2,1-2H3,(H,13,15)(H,14,16)(H,17,18)/t8?,10-/m0/s1. The van der Waals surface area contributed by atoms with Crippen LogP contribution in [0, 0.1) is 5.92 Å². The van der Waals surface area contributed by atoms with Gasteiger partial charge in [0.25, 0.3) is 0 Å². The van der Waals surface area contributed by atoms with Crippen molar-refractivity contribution in [2.24, 2.45) is 5.92 Å². The van der Waals surface area contributed by atoms with Crippen molar-refractivity contribution >= 4 is 17.8 Å². The van der Waals surface area contributed by atoms with Gasteiger partial charge in [-0.1, -0.05) is 20.3 Å². The number of rotatable bonds is 4. The molecule has 0 spiro atoms. The topological polar surface area (TPSA) is 95.5 Å². The average molecular weight is 256 g/mol. The maximum absolute atomic E-state index is 11.9. The van der Waals surface area contributed by atoms with Gasteiger partial charge in [0.2, 0.25) is 11.8 Å². The third-order valence-corrected chi connectivity index (χ3v) is 3.03. The van der Waals surface area contributed by atoms with Crippen molar-refractivity contribution in [3.63, 3.8) is 0 Å². The smallest absolute Gasteiger partial charge is 0.326 e. The molecule has 0 aromatic rings. The lowest BCUT2D eigenvalue weighted by atomic mass is 10.0. The summed E-state index contributed by atoms with van der Waals surface area (Å²) < 4.78 is 0. The SMILES string of the molecule is CC(C)[C@H](NC(=O)C1CCCCC(=O)N1)C(=O)O. The van der Waals surface area contributed by atoms with Crippen LogP contribution in [0.2, 0.25) is 0 Å². The molecule has 3 N–H and O–H groups in total. The van der Waals surface area contributed by atoms with Crippen molar-refractivity contribution in [3.8, 4) is 0 Å². The van der Waals surface area contributed by atoms with E-state index in [1.165, 1.54) is 0 Å². The van der Waals surface area contributed by atoms with Gasteiger partial charge in [-0.15, -0.1) is 0 Å². The van der Waals surface area contributed by atoms with Gasteiger partial charge in [0.1, 0.15) is 12.1 Å². The van der Waals surface area contributed by atoms with E-state index < -0.39 is 24.0 Å². The fraction of sp³-hybridized carbons (Fsp3) is 0.750. The van der Waals surface area contributed by atoms with Crippen molar-refractivity contribution in [1.82, 2.24) is 10.6 Å². The molecule has 18 heavy (non-hydrogen) atoms. The zero-order valence-corrected chi connectivity index (χ0v) is 10.7. The maximum Gasteiger partial charge on any atom is 0.326 e. The highest BCUT2D eigenvalue weighted by Crippen LogP contribution is 2.10. The van der Waals surface area contributed by atoms with E-state index in [0.717, 1.165) is 12.8 Å². The molecule has 1 aliphatic rings. The van der Waals surface area contributed by atoms with Crippen molar-refractivity contribution in [2.75, 3.05) is 0 Å². The number of hydrogen-bond acceptors (Lipinski definition) is 3. The van der Waals surface area contributed by atoms with Gasteiger partial charge in [0, 0.05) is 6.42 Å². The Kier molecular flexibility index (Phi) is 5.12. The van der Waals surface area contributed by atoms with E-state index in [-0.39, 0.29) is 11.8 Å². The van der Waals surface area contributed by atoms with Crippen molar-refractivity contribution in [1.29, 1.82) is 0 Å². The number of carboxylic acids is 1. The van der Waals surface area contributed by atoms with E-state index in [4.69, 9.17) is 5.11 Å². The summed E-state index contributed by atoms with van der Waals surface area (Å²) in [5.41, 5.74) is 0. The molecule has 1 unspecified atom stereocenters. The molecule has 2 amide bonds. The number of nitrogens with one attached hydrogen (secondary N) is 2. The molecule has 102 valence electrons. The number of amides is 2. The molecule has 1 saturated heterocycles. The van der Waals surface area contributed by atoms with Gasteiger partial charge in [-0.3, -0.25) is 9.59 Å². The fourth-order valence-corrected chi connectivity index (χ4v) is 1.94. The first-order chi connectivity index (χ1) is 8.41. The summed E-state index contributed by atoms with van der Waals surface area (Å²) in [6.45, 7) is 3.45. The second-order valence-electron chi connectivity index (χ2n) is 4.93. The highest BCUT2D eigenvalue weighted by Gasteiger charge is 2.29. The lowest BCUT2D eigenvalue weighted by Crippen LogP contribution is -2.52. The lowest BCUT2D eigenvalue weighted by molar-refractivity contribution is -0.143. The summed E-state index contributed by atoms with van der Waals surface area (Å²) in [5, 5.41) is 14.1. The Hall–Kier alpha value is -1.59. The molecule has 0 bridgehead atoms. The molecule has 1 aliphatic heterocycles. The summed E-state index contributed by atoms with van der Waals surface area (Å²) in [5.74, 6) is -1.82. The Morgan fingerprint density at radius 3 is 2.61 bits per heavy atom. The highest BCUT2D eigenvalue weighted by molar-refractivity contribution is 5.90. The van der Waals surface area contributed by atoms with Gasteiger partial charge in [-0.05, 0) is 18.8 Å². The van der Waals surface area contributed by atoms with Crippen LogP contribution in [-0.2, 0) is 14.4 Å². The van der Waals surface area contributed by atoms with Crippen LogP contribution in [0.1, 0.15) is 39.5 Å². The summed E-state index contributed by atoms with van der Waals surface area (Å²) in [6.07, 6.45) is 2.54. The minimum atomic E-state index is -1.06. The highest BCUT2D eigenvalue weighted by atomic mass is 16.4. The second kappa shape index (κ2) is 6.37. The number of hydrogen-bond donors (Lipinski definition) is 3. The quantitative estimate of drug-likeness (QED) is 0.672. The number of aliphatic carboxylic acids is 1. The Balaban J connectivity index is 2.62. The molecular weight excluding hydrogens is 236 g/mol. The Morgan fingerprint density at radius 1 is 1.39 bits per heavy atom. The van der Waals surface area contributed by atoms with E-state index in [2.05, 4.69) is 10.6 Å². The van der Waals surface area contributed by atoms with Crippen molar-refractivity contribution in [2.45, 2.75) is 51.6 Å². The number of carbonyl (C=O) groups excluding carboxylic acids is 2. The average Bonchev–Trinajstić information content (AvgIpc) is 2.49. The minimum Gasteiger partial charge on any atom is -0.480 e. The molecular formula is C12H20N2O4. The molecule has 0 aromatic heterocycles. The molecule has 1 rings (SSSR count). The van der Waals surface area contributed by atoms with E-state index in [1.807, 2.05) is 0 Å². The number of carbonyl (C=O) groups is 3. The van der Waals surface area contributed by atoms with E-state index in [1.54, 1.807) is 13.8 Å². The molecule has 0 saturated carbocycles. The number of carboxylic acid groups (broad SMARTS) is 1. The fourth-order valence-electron chi connectivity index (χ4n) is 1.94. The first-order valence-corrected chi connectivity index (χ1v) is 6.24. The van der Waals surface area contributed by atoms with E-state index >= 15 is 0 Å². The zero-order chi connectivity index (χ0) is 13.7. The molecule has 2 atom stereocenters. The third kappa shape index (κ3) is 4.01. The maximum atomic E-state index is 11.9. The predicted molar refractivity (Wildman–Crippen MR) is 64.8 cm³/mol. The van der Waals surface area contributed by atoms with Gasteiger partial charge in [-0.2, -0.15) is 0 Å². The summed E-state index contributed by atoms with van der Waals surface area (Å²) >= 11 is 0. The summed E-state index contributed by atoms with van der Waals surface area (Å²) in [7, 11) is 0. The molecule has 0 aromatic carbocycles. The van der Waals surface area contributed by atoms with Crippen LogP contribution in [0.5, 0.6) is 0 Å². The van der Waals surface area contributed by atoms with Gasteiger partial charge in [-0.25, -0.2) is 4.79 Å². The van der Waals surface area contributed by atoms with Crippen LogP contribution in [0.3, 0.4) is 0 Å². The van der Waals surface area contributed by atoms with Crippen LogP contribution in [0.15, 0.2) is 0 Å². The van der Waals surface area contributed by atoms with Crippen molar-refractivity contribution in [3.05, 3.63) is 0 Å². The summed E-state index contributed by atoms with van der Waals surface area (Å²) in [4.78, 5) is 34.3. The van der Waals surface area contributed by atoms with Gasteiger partial charge < -0.3 is 15.7 Å². The predicted octanol–water partition coefficient (Wildman–Crippen LogP) is 0.271. The zero-order valence-electron chi connectivity index (χ0n) is 10.7. The first kappa shape index (κ1) is 14.5. The minimum absolute atomic E-state index is 0.149. The molecule has 1 fully saturated rings. The van der Waals surface area contributed by atoms with Crippen LogP contribution in [-0.4, -0.2) is 35.0 Å². The first-order valence-electron chi connectivity index (χ1n) is 6.24. The molecule has 6 heteroatoms. The van der Waals surface area contributed by atoms with E-state index in [0.29, 0.717) is 12.8 Å². The Bertz CT molecular complexity index is 341. The van der Waals surface area contributed by atoms with Gasteiger partial charge >= 0.3 is 5.97 Å². The second-order valence-corrected chi connectivity index (χ2v) is 4.93. The van der Waals surface area contributed by atoms with Crippen LogP contribution < -0.4 is 10.6 Å². The monoisotopic (exact) mass is 256 g/mol. The van der Waals surface area contributed by atoms with Gasteiger partial charge in [0.05, 0.1) is 0 Å². The largest absolute Gasteiger partial charge is 0.480 e. The van der Waals surface area contributed by atoms with E-state index in [9.17, 15) is 14.4 Å². The lowest BCUT2D eigenvalue weighted by Gasteiger charge is -2.22. The normalized spacial score (nSPS) is 21.9. The summed E-state index contributed by atoms with van der Waals surface area (Å²) in [6, 6.07) is -1.53. The van der Waals surface area contributed by atoms with Crippen LogP contribution in [0.25, 0.3) is 0 Å². The molecule has 1 heterocycles. The van der Waals surface area contributed by atoms with Crippen molar-refractivity contribution < 1.29 is 19.5 Å². The van der Waals surface area contributed by atoms with Crippen LogP contribution >= 0.6 is 0 Å². The Labute approximate surface area is 106 Å². The molecule has 0 aliphatic carbocycles. The molecule has 0 radical (unpaired) electrons. The van der Waals surface area contributed by atoms with Gasteiger partial charge in [0.15, 0.2) is 0 Å². The third-order valence-electron chi connectivity index (χ3n) is 3.03. The molecule has 6 nitrogen and oxygen atoms in total. The van der Waals surface area contributed by atoms with Crippen LogP contribution in [0.4, 0.5) is 0 Å². The Morgan fingerprint density at radius 2 is 2.06 bits per heavy atom.